The van der Waals surface area contributed by atoms with Gasteiger partial charge < -0.3 is 10.1 Å². The molecular formula is C23H23F2NO2. The van der Waals surface area contributed by atoms with Crippen molar-refractivity contribution in [2.45, 2.75) is 50.2 Å². The quantitative estimate of drug-likeness (QED) is 0.575. The van der Waals surface area contributed by atoms with Gasteiger partial charge in [-0.3, -0.25) is 0 Å². The molecule has 0 atom stereocenters. The zero-order valence-electron chi connectivity index (χ0n) is 15.6. The number of alkyl carbamates (subject to hydrolysis) is 1. The van der Waals surface area contributed by atoms with E-state index in [4.69, 9.17) is 11.2 Å². The first-order valence-electron chi connectivity index (χ1n) is 9.53. The van der Waals surface area contributed by atoms with Crippen molar-refractivity contribution in [3.8, 4) is 12.3 Å². The van der Waals surface area contributed by atoms with Crippen LogP contribution in [-0.4, -0.2) is 12.1 Å². The first kappa shape index (κ1) is 19.9. The molecule has 28 heavy (non-hydrogen) atoms. The minimum Gasteiger partial charge on any atom is -0.421 e. The second kappa shape index (κ2) is 8.88. The van der Waals surface area contributed by atoms with Gasteiger partial charge in [-0.1, -0.05) is 49.9 Å². The van der Waals surface area contributed by atoms with Gasteiger partial charge in [0, 0.05) is 17.2 Å². The molecule has 1 aliphatic carbocycles. The van der Waals surface area contributed by atoms with Gasteiger partial charge in [0.25, 0.3) is 0 Å². The number of hydrogen-bond acceptors (Lipinski definition) is 2. The molecule has 1 fully saturated rings. The number of amides is 1. The molecule has 146 valence electrons. The Hall–Kier alpha value is -2.87. The van der Waals surface area contributed by atoms with Crippen molar-refractivity contribution in [2.24, 2.45) is 0 Å². The third-order valence-electron chi connectivity index (χ3n) is 5.13. The van der Waals surface area contributed by atoms with Crippen LogP contribution in [0.15, 0.2) is 48.5 Å². The molecule has 0 aliphatic heterocycles. The van der Waals surface area contributed by atoms with Crippen LogP contribution in [-0.2, 0) is 10.3 Å². The molecule has 0 aromatic heterocycles. The van der Waals surface area contributed by atoms with Gasteiger partial charge in [-0.15, -0.1) is 6.42 Å². The van der Waals surface area contributed by atoms with E-state index >= 15 is 0 Å². The SMILES string of the molecule is C#CC(OC(=O)NC1CCCCCC1)(c1ccc(F)cc1)c1ccc(F)cc1. The van der Waals surface area contributed by atoms with Gasteiger partial charge in [-0.05, 0) is 43.0 Å². The number of hydrogen-bond donors (Lipinski definition) is 1. The standard InChI is InChI=1S/C23H23F2NO2/c1-2-23(17-9-13-19(24)14-10-17,18-11-15-20(25)16-12-18)28-22(27)26-21-7-5-3-4-6-8-21/h1,9-16,21H,3-8H2,(H,26,27). The number of terminal acetylenes is 1. The fourth-order valence-corrected chi connectivity index (χ4v) is 3.61. The van der Waals surface area contributed by atoms with Crippen LogP contribution in [0.2, 0.25) is 0 Å². The summed E-state index contributed by atoms with van der Waals surface area (Å²) < 4.78 is 32.6. The molecule has 0 radical (unpaired) electrons. The monoisotopic (exact) mass is 383 g/mol. The third-order valence-corrected chi connectivity index (χ3v) is 5.13. The van der Waals surface area contributed by atoms with Crippen molar-refractivity contribution in [1.82, 2.24) is 5.32 Å². The van der Waals surface area contributed by atoms with Gasteiger partial charge in [-0.25, -0.2) is 13.6 Å². The number of carbonyl (C=O) groups excluding carboxylic acids is 1. The molecule has 3 nitrogen and oxygen atoms in total. The molecule has 0 saturated heterocycles. The lowest BCUT2D eigenvalue weighted by Gasteiger charge is -2.30. The Morgan fingerprint density at radius 2 is 1.39 bits per heavy atom. The highest BCUT2D eigenvalue weighted by molar-refractivity contribution is 5.70. The second-order valence-electron chi connectivity index (χ2n) is 7.06. The number of carbonyl (C=O) groups is 1. The van der Waals surface area contributed by atoms with Gasteiger partial charge in [0.1, 0.15) is 11.6 Å². The third kappa shape index (κ3) is 4.51. The zero-order chi connectivity index (χ0) is 20.0. The largest absolute Gasteiger partial charge is 0.421 e. The average Bonchev–Trinajstić information content (AvgIpc) is 2.96. The van der Waals surface area contributed by atoms with E-state index in [0.717, 1.165) is 38.5 Å². The molecular weight excluding hydrogens is 360 g/mol. The van der Waals surface area contributed by atoms with Gasteiger partial charge >= 0.3 is 6.09 Å². The van der Waals surface area contributed by atoms with E-state index in [1.54, 1.807) is 0 Å². The summed E-state index contributed by atoms with van der Waals surface area (Å²) >= 11 is 0. The fourth-order valence-electron chi connectivity index (χ4n) is 3.61. The van der Waals surface area contributed by atoms with Crippen LogP contribution in [0.25, 0.3) is 0 Å². The minimum absolute atomic E-state index is 0.0342. The first-order valence-corrected chi connectivity index (χ1v) is 9.53. The Bertz CT molecular complexity index is 787. The maximum absolute atomic E-state index is 13.4. The van der Waals surface area contributed by atoms with E-state index in [0.29, 0.717) is 11.1 Å². The Balaban J connectivity index is 1.91. The first-order chi connectivity index (χ1) is 13.5. The maximum Gasteiger partial charge on any atom is 0.409 e. The number of benzene rings is 2. The molecule has 0 bridgehead atoms. The summed E-state index contributed by atoms with van der Waals surface area (Å²) in [6.07, 6.45) is 11.4. The highest BCUT2D eigenvalue weighted by Crippen LogP contribution is 2.34. The fraction of sp³-hybridized carbons (Fsp3) is 0.348. The summed E-state index contributed by atoms with van der Waals surface area (Å²) in [5.41, 5.74) is -0.756. The molecule has 5 heteroatoms. The van der Waals surface area contributed by atoms with E-state index < -0.39 is 23.3 Å². The molecule has 3 rings (SSSR count). The predicted octanol–water partition coefficient (Wildman–Crippen LogP) is 5.29. The number of rotatable bonds is 4. The smallest absolute Gasteiger partial charge is 0.409 e. The average molecular weight is 383 g/mol. The van der Waals surface area contributed by atoms with Gasteiger partial charge in [-0.2, -0.15) is 0 Å². The molecule has 2 aromatic rings. The second-order valence-corrected chi connectivity index (χ2v) is 7.06. The van der Waals surface area contributed by atoms with E-state index in [1.165, 1.54) is 48.5 Å². The number of nitrogens with one attached hydrogen (secondary N) is 1. The lowest BCUT2D eigenvalue weighted by atomic mass is 9.86. The summed E-state index contributed by atoms with van der Waals surface area (Å²) in [5.74, 6) is 1.67. The predicted molar refractivity (Wildman–Crippen MR) is 104 cm³/mol. The maximum atomic E-state index is 13.4. The van der Waals surface area contributed by atoms with Crippen molar-refractivity contribution >= 4 is 6.09 Å². The van der Waals surface area contributed by atoms with Crippen LogP contribution in [0.1, 0.15) is 49.7 Å². The normalized spacial score (nSPS) is 15.3. The Labute approximate surface area is 164 Å². The van der Waals surface area contributed by atoms with E-state index in [1.807, 2.05) is 0 Å². The van der Waals surface area contributed by atoms with Crippen LogP contribution in [0.4, 0.5) is 13.6 Å². The molecule has 1 saturated carbocycles. The van der Waals surface area contributed by atoms with Crippen LogP contribution >= 0.6 is 0 Å². The zero-order valence-corrected chi connectivity index (χ0v) is 15.6. The van der Waals surface area contributed by atoms with Gasteiger partial charge in [0.2, 0.25) is 5.60 Å². The Morgan fingerprint density at radius 3 is 1.82 bits per heavy atom. The topological polar surface area (TPSA) is 38.3 Å². The molecule has 1 N–H and O–H groups in total. The molecule has 0 heterocycles. The van der Waals surface area contributed by atoms with E-state index in [-0.39, 0.29) is 6.04 Å². The molecule has 0 unspecified atom stereocenters. The molecule has 1 aliphatic rings. The summed E-state index contributed by atoms with van der Waals surface area (Å²) in [6, 6.07) is 10.9. The number of ether oxygens (including phenoxy) is 1. The number of halogens is 2. The van der Waals surface area contributed by atoms with E-state index in [2.05, 4.69) is 11.2 Å². The lowest BCUT2D eigenvalue weighted by Crippen LogP contribution is -2.41. The van der Waals surface area contributed by atoms with Crippen LogP contribution in [0.5, 0.6) is 0 Å². The highest BCUT2D eigenvalue weighted by atomic mass is 19.1. The lowest BCUT2D eigenvalue weighted by molar-refractivity contribution is 0.0747. The summed E-state index contributed by atoms with van der Waals surface area (Å²) in [4.78, 5) is 12.7. The van der Waals surface area contributed by atoms with Gasteiger partial charge in [0.05, 0.1) is 0 Å². The van der Waals surface area contributed by atoms with Crippen molar-refractivity contribution in [2.75, 3.05) is 0 Å². The van der Waals surface area contributed by atoms with Crippen molar-refractivity contribution in [1.29, 1.82) is 0 Å². The minimum atomic E-state index is -1.59. The molecule has 1 amide bonds. The van der Waals surface area contributed by atoms with E-state index in [9.17, 15) is 13.6 Å². The van der Waals surface area contributed by atoms with Crippen molar-refractivity contribution in [3.63, 3.8) is 0 Å². The Kier molecular flexibility index (Phi) is 6.30. The van der Waals surface area contributed by atoms with Crippen molar-refractivity contribution in [3.05, 3.63) is 71.3 Å². The van der Waals surface area contributed by atoms with Crippen LogP contribution in [0, 0.1) is 24.0 Å². The van der Waals surface area contributed by atoms with Gasteiger partial charge in [0.15, 0.2) is 0 Å². The van der Waals surface area contributed by atoms with Crippen molar-refractivity contribution < 1.29 is 18.3 Å². The highest BCUT2D eigenvalue weighted by Gasteiger charge is 2.37. The van der Waals surface area contributed by atoms with Crippen LogP contribution < -0.4 is 5.32 Å². The summed E-state index contributed by atoms with van der Waals surface area (Å²) in [5, 5.41) is 2.91. The molecule has 0 spiro atoms. The summed E-state index contributed by atoms with van der Waals surface area (Å²) in [6.45, 7) is 0. The molecule has 2 aromatic carbocycles. The van der Waals surface area contributed by atoms with Crippen LogP contribution in [0.3, 0.4) is 0 Å². The Morgan fingerprint density at radius 1 is 0.929 bits per heavy atom. The summed E-state index contributed by atoms with van der Waals surface area (Å²) in [7, 11) is 0.